The van der Waals surface area contributed by atoms with Crippen LogP contribution in [-0.4, -0.2) is 18.0 Å². The Hall–Kier alpha value is -0.0900. The lowest BCUT2D eigenvalue weighted by Gasteiger charge is -2.15. The molecular weight excluding hydrogens is 297 g/mol. The summed E-state index contributed by atoms with van der Waals surface area (Å²) in [5.74, 6) is 1.71. The minimum atomic E-state index is 0.855. The van der Waals surface area contributed by atoms with Gasteiger partial charge in [0.25, 0.3) is 0 Å². The Morgan fingerprint density at radius 2 is 1.67 bits per heavy atom. The zero-order valence-electron chi connectivity index (χ0n) is 9.41. The quantitative estimate of drug-likeness (QED) is 0.756. The molecule has 0 N–H and O–H groups in total. The van der Waals surface area contributed by atoms with Crippen molar-refractivity contribution in [2.75, 3.05) is 13.1 Å². The van der Waals surface area contributed by atoms with Crippen LogP contribution in [-0.2, 0) is 6.54 Å². The Kier molecular flexibility index (Phi) is 3.67. The zero-order chi connectivity index (χ0) is 10.8. The van der Waals surface area contributed by atoms with E-state index in [1.54, 1.807) is 0 Å². The van der Waals surface area contributed by atoms with E-state index in [0.29, 0.717) is 0 Å². The summed E-state index contributed by atoms with van der Waals surface area (Å²) >= 11 is 2.35. The third-order valence-corrected chi connectivity index (χ3v) is 4.10. The maximum absolute atomic E-state index is 2.57. The molecule has 1 aromatic carbocycles. The van der Waals surface area contributed by atoms with Crippen LogP contribution in [0, 0.1) is 15.4 Å². The first-order chi connectivity index (χ1) is 7.15. The van der Waals surface area contributed by atoms with Gasteiger partial charge in [-0.25, -0.2) is 0 Å². The highest BCUT2D eigenvalue weighted by atomic mass is 127. The SMILES string of the molecule is CC1CN(Cc2ccc(I)cc2)CC1C. The van der Waals surface area contributed by atoms with Gasteiger partial charge >= 0.3 is 0 Å². The number of benzene rings is 1. The van der Waals surface area contributed by atoms with Crippen molar-refractivity contribution < 1.29 is 0 Å². The summed E-state index contributed by atoms with van der Waals surface area (Å²) < 4.78 is 1.32. The summed E-state index contributed by atoms with van der Waals surface area (Å²) in [5, 5.41) is 0. The van der Waals surface area contributed by atoms with Crippen LogP contribution in [0.4, 0.5) is 0 Å². The molecule has 0 spiro atoms. The van der Waals surface area contributed by atoms with Crippen molar-refractivity contribution in [3.8, 4) is 0 Å². The van der Waals surface area contributed by atoms with Crippen LogP contribution in [0.5, 0.6) is 0 Å². The van der Waals surface area contributed by atoms with E-state index in [0.717, 1.165) is 18.4 Å². The molecule has 1 nitrogen and oxygen atoms in total. The van der Waals surface area contributed by atoms with Crippen molar-refractivity contribution in [2.24, 2.45) is 11.8 Å². The van der Waals surface area contributed by atoms with Gasteiger partial charge in [-0.05, 0) is 52.1 Å². The van der Waals surface area contributed by atoms with Crippen LogP contribution in [0.2, 0.25) is 0 Å². The minimum Gasteiger partial charge on any atom is -0.299 e. The van der Waals surface area contributed by atoms with Crippen LogP contribution in [0.25, 0.3) is 0 Å². The highest BCUT2D eigenvalue weighted by Gasteiger charge is 2.25. The van der Waals surface area contributed by atoms with Gasteiger partial charge in [-0.15, -0.1) is 0 Å². The number of hydrogen-bond donors (Lipinski definition) is 0. The van der Waals surface area contributed by atoms with Crippen LogP contribution in [0.1, 0.15) is 19.4 Å². The summed E-state index contributed by atoms with van der Waals surface area (Å²) in [7, 11) is 0. The molecule has 0 aliphatic carbocycles. The molecule has 0 bridgehead atoms. The van der Waals surface area contributed by atoms with Gasteiger partial charge in [0.05, 0.1) is 0 Å². The van der Waals surface area contributed by atoms with Gasteiger partial charge in [-0.1, -0.05) is 26.0 Å². The van der Waals surface area contributed by atoms with Gasteiger partial charge < -0.3 is 0 Å². The molecule has 2 unspecified atom stereocenters. The van der Waals surface area contributed by atoms with E-state index in [1.165, 1.54) is 22.2 Å². The van der Waals surface area contributed by atoms with E-state index < -0.39 is 0 Å². The molecular formula is C13H18IN. The lowest BCUT2D eigenvalue weighted by molar-refractivity contribution is 0.316. The summed E-state index contributed by atoms with van der Waals surface area (Å²) in [6, 6.07) is 8.88. The van der Waals surface area contributed by atoms with Crippen LogP contribution in [0.15, 0.2) is 24.3 Å². The van der Waals surface area contributed by atoms with Gasteiger partial charge in [0.15, 0.2) is 0 Å². The molecule has 0 aromatic heterocycles. The van der Waals surface area contributed by atoms with Crippen molar-refractivity contribution in [1.29, 1.82) is 0 Å². The number of hydrogen-bond acceptors (Lipinski definition) is 1. The van der Waals surface area contributed by atoms with Gasteiger partial charge in [-0.2, -0.15) is 0 Å². The number of rotatable bonds is 2. The molecule has 1 aromatic rings. The van der Waals surface area contributed by atoms with Gasteiger partial charge in [0.1, 0.15) is 0 Å². The topological polar surface area (TPSA) is 3.24 Å². The molecule has 0 amide bonds. The minimum absolute atomic E-state index is 0.855. The van der Waals surface area contributed by atoms with E-state index in [1.807, 2.05) is 0 Å². The first-order valence-corrected chi connectivity index (χ1v) is 6.70. The molecule has 0 saturated carbocycles. The third-order valence-electron chi connectivity index (χ3n) is 3.38. The number of likely N-dealkylation sites (tertiary alicyclic amines) is 1. The Bertz CT molecular complexity index is 310. The van der Waals surface area contributed by atoms with E-state index in [2.05, 4.69) is 65.6 Å². The van der Waals surface area contributed by atoms with Crippen molar-refractivity contribution in [3.63, 3.8) is 0 Å². The van der Waals surface area contributed by atoms with Crippen LogP contribution < -0.4 is 0 Å². The zero-order valence-corrected chi connectivity index (χ0v) is 11.6. The Balaban J connectivity index is 1.95. The molecule has 15 heavy (non-hydrogen) atoms. The molecule has 82 valence electrons. The average molecular weight is 315 g/mol. The lowest BCUT2D eigenvalue weighted by atomic mass is 10.0. The molecule has 1 heterocycles. The molecule has 2 rings (SSSR count). The van der Waals surface area contributed by atoms with E-state index >= 15 is 0 Å². The van der Waals surface area contributed by atoms with Gasteiger partial charge in [0, 0.05) is 23.2 Å². The Morgan fingerprint density at radius 1 is 1.13 bits per heavy atom. The first kappa shape index (κ1) is 11.4. The van der Waals surface area contributed by atoms with Crippen molar-refractivity contribution in [2.45, 2.75) is 20.4 Å². The van der Waals surface area contributed by atoms with E-state index in [4.69, 9.17) is 0 Å². The smallest absolute Gasteiger partial charge is 0.0233 e. The summed E-state index contributed by atoms with van der Waals surface area (Å²) in [6.45, 7) is 8.35. The predicted molar refractivity (Wildman–Crippen MR) is 72.8 cm³/mol. The first-order valence-electron chi connectivity index (χ1n) is 5.62. The van der Waals surface area contributed by atoms with Crippen LogP contribution >= 0.6 is 22.6 Å². The highest BCUT2D eigenvalue weighted by molar-refractivity contribution is 14.1. The maximum atomic E-state index is 2.57. The molecule has 0 radical (unpaired) electrons. The van der Waals surface area contributed by atoms with Crippen molar-refractivity contribution in [1.82, 2.24) is 4.90 Å². The molecule has 1 saturated heterocycles. The number of nitrogens with zero attached hydrogens (tertiary/aromatic N) is 1. The fourth-order valence-corrected chi connectivity index (χ4v) is 2.59. The lowest BCUT2D eigenvalue weighted by Crippen LogP contribution is -2.19. The fourth-order valence-electron chi connectivity index (χ4n) is 2.23. The second-order valence-corrected chi connectivity index (χ2v) is 6.02. The van der Waals surface area contributed by atoms with Crippen LogP contribution in [0.3, 0.4) is 0 Å². The van der Waals surface area contributed by atoms with E-state index in [9.17, 15) is 0 Å². The fraction of sp³-hybridized carbons (Fsp3) is 0.538. The highest BCUT2D eigenvalue weighted by Crippen LogP contribution is 2.23. The number of halogens is 1. The average Bonchev–Trinajstić information content (AvgIpc) is 2.50. The maximum Gasteiger partial charge on any atom is 0.0233 e. The van der Waals surface area contributed by atoms with Gasteiger partial charge in [0.2, 0.25) is 0 Å². The Morgan fingerprint density at radius 3 is 2.20 bits per heavy atom. The summed E-state index contributed by atoms with van der Waals surface area (Å²) in [5.41, 5.74) is 1.44. The molecule has 1 fully saturated rings. The molecule has 1 aliphatic rings. The summed E-state index contributed by atoms with van der Waals surface area (Å²) in [4.78, 5) is 2.57. The van der Waals surface area contributed by atoms with Crippen molar-refractivity contribution >= 4 is 22.6 Å². The molecule has 2 atom stereocenters. The molecule has 1 aliphatic heterocycles. The largest absolute Gasteiger partial charge is 0.299 e. The van der Waals surface area contributed by atoms with E-state index in [-0.39, 0.29) is 0 Å². The standard InChI is InChI=1S/C13H18IN/c1-10-7-15(8-11(10)2)9-12-3-5-13(14)6-4-12/h3-6,10-11H,7-9H2,1-2H3. The third kappa shape index (κ3) is 2.94. The predicted octanol–water partition coefficient (Wildman–Crippen LogP) is 3.38. The van der Waals surface area contributed by atoms with Gasteiger partial charge in [-0.3, -0.25) is 4.90 Å². The second-order valence-electron chi connectivity index (χ2n) is 4.78. The second kappa shape index (κ2) is 4.83. The van der Waals surface area contributed by atoms with Crippen molar-refractivity contribution in [3.05, 3.63) is 33.4 Å². The monoisotopic (exact) mass is 315 g/mol. The summed E-state index contributed by atoms with van der Waals surface area (Å²) in [6.07, 6.45) is 0. The Labute approximate surface area is 106 Å². The normalized spacial score (nSPS) is 27.1. The molecule has 2 heteroatoms.